The van der Waals surface area contributed by atoms with Crippen molar-refractivity contribution in [3.63, 3.8) is 0 Å². The number of hydrogen-bond acceptors (Lipinski definition) is 3. The molecule has 0 unspecified atom stereocenters. The van der Waals surface area contributed by atoms with Gasteiger partial charge in [0.05, 0.1) is 10.6 Å². The zero-order valence-electron chi connectivity index (χ0n) is 11.4. The zero-order chi connectivity index (χ0) is 13.6. The third kappa shape index (κ3) is 2.26. The van der Waals surface area contributed by atoms with Gasteiger partial charge in [-0.25, -0.2) is 8.42 Å². The quantitative estimate of drug-likeness (QED) is 0.846. The molecular formula is C14H20O3S. The number of ether oxygens (including phenoxy) is 1. The Kier molecular flexibility index (Phi) is 3.18. The van der Waals surface area contributed by atoms with Gasteiger partial charge < -0.3 is 4.74 Å². The van der Waals surface area contributed by atoms with Gasteiger partial charge in [0.25, 0.3) is 0 Å². The van der Waals surface area contributed by atoms with Gasteiger partial charge in [-0.3, -0.25) is 0 Å². The van der Waals surface area contributed by atoms with Crippen LogP contribution in [0.3, 0.4) is 0 Å². The summed E-state index contributed by atoms with van der Waals surface area (Å²) >= 11 is 0. The highest BCUT2D eigenvalue weighted by Crippen LogP contribution is 2.38. The molecule has 2 rings (SSSR count). The maximum Gasteiger partial charge on any atom is 0.178 e. The molecule has 1 aromatic rings. The van der Waals surface area contributed by atoms with Crippen LogP contribution >= 0.6 is 0 Å². The molecule has 0 radical (unpaired) electrons. The molecule has 1 heterocycles. The van der Waals surface area contributed by atoms with E-state index in [9.17, 15) is 8.42 Å². The van der Waals surface area contributed by atoms with Crippen LogP contribution in [0.2, 0.25) is 0 Å². The Morgan fingerprint density at radius 1 is 1.28 bits per heavy atom. The second-order valence-corrected chi connectivity index (χ2v) is 7.61. The summed E-state index contributed by atoms with van der Waals surface area (Å²) in [5.74, 6) is 0.853. The lowest BCUT2D eigenvalue weighted by atomic mass is 9.99. The molecule has 4 heteroatoms. The van der Waals surface area contributed by atoms with E-state index in [-0.39, 0.29) is 11.4 Å². The first kappa shape index (κ1) is 13.4. The average molecular weight is 268 g/mol. The number of hydrogen-bond donors (Lipinski definition) is 0. The van der Waals surface area contributed by atoms with Crippen molar-refractivity contribution in [2.75, 3.05) is 5.75 Å². The molecule has 0 fully saturated rings. The molecular weight excluding hydrogens is 248 g/mol. The standard InChI is InChI=1S/C14H20O3S/c1-5-10-7-11-9-14(3,4)17-12(11)8-13(10)18(15,16)6-2/h7-8H,5-6,9H2,1-4H3. The summed E-state index contributed by atoms with van der Waals surface area (Å²) in [6.45, 7) is 7.70. The fraction of sp³-hybridized carbons (Fsp3) is 0.571. The Morgan fingerprint density at radius 3 is 2.50 bits per heavy atom. The second kappa shape index (κ2) is 4.26. The van der Waals surface area contributed by atoms with E-state index in [0.29, 0.717) is 4.90 Å². The van der Waals surface area contributed by atoms with Crippen molar-refractivity contribution < 1.29 is 13.2 Å². The molecule has 0 spiro atoms. The van der Waals surface area contributed by atoms with Gasteiger partial charge >= 0.3 is 0 Å². The third-order valence-electron chi connectivity index (χ3n) is 3.34. The Morgan fingerprint density at radius 2 is 1.94 bits per heavy atom. The van der Waals surface area contributed by atoms with E-state index in [1.807, 2.05) is 26.8 Å². The number of aryl methyl sites for hydroxylation is 1. The van der Waals surface area contributed by atoms with E-state index in [1.165, 1.54) is 0 Å². The van der Waals surface area contributed by atoms with Gasteiger partial charge in [-0.1, -0.05) is 19.9 Å². The molecule has 0 aliphatic carbocycles. The van der Waals surface area contributed by atoms with Crippen molar-refractivity contribution in [1.82, 2.24) is 0 Å². The van der Waals surface area contributed by atoms with Gasteiger partial charge in [0.15, 0.2) is 9.84 Å². The predicted octanol–water partition coefficient (Wildman–Crippen LogP) is 2.76. The fourth-order valence-electron chi connectivity index (χ4n) is 2.40. The van der Waals surface area contributed by atoms with Crippen LogP contribution in [0.25, 0.3) is 0 Å². The highest BCUT2D eigenvalue weighted by molar-refractivity contribution is 7.91. The van der Waals surface area contributed by atoms with Crippen LogP contribution in [0.15, 0.2) is 17.0 Å². The van der Waals surface area contributed by atoms with Crippen LogP contribution < -0.4 is 4.74 Å². The first-order chi connectivity index (χ1) is 8.29. The summed E-state index contributed by atoms with van der Waals surface area (Å²) in [7, 11) is -3.18. The minimum absolute atomic E-state index is 0.127. The fourth-order valence-corrected chi connectivity index (χ4v) is 3.60. The van der Waals surface area contributed by atoms with Crippen molar-refractivity contribution >= 4 is 9.84 Å². The first-order valence-electron chi connectivity index (χ1n) is 6.36. The highest BCUT2D eigenvalue weighted by Gasteiger charge is 2.32. The number of fused-ring (bicyclic) bond motifs is 1. The van der Waals surface area contributed by atoms with E-state index in [4.69, 9.17) is 4.74 Å². The Bertz CT molecular complexity index is 571. The highest BCUT2D eigenvalue weighted by atomic mass is 32.2. The minimum atomic E-state index is -3.18. The van der Waals surface area contributed by atoms with E-state index >= 15 is 0 Å². The molecule has 0 aromatic heterocycles. The molecule has 3 nitrogen and oxygen atoms in total. The average Bonchev–Trinajstić information content (AvgIpc) is 2.60. The zero-order valence-corrected chi connectivity index (χ0v) is 12.2. The maximum atomic E-state index is 12.1. The van der Waals surface area contributed by atoms with Crippen LogP contribution in [-0.4, -0.2) is 19.8 Å². The Hall–Kier alpha value is -1.03. The number of sulfone groups is 1. The summed E-state index contributed by atoms with van der Waals surface area (Å²) in [5, 5.41) is 0. The predicted molar refractivity (Wildman–Crippen MR) is 72.0 cm³/mol. The maximum absolute atomic E-state index is 12.1. The molecule has 0 saturated heterocycles. The van der Waals surface area contributed by atoms with E-state index < -0.39 is 9.84 Å². The van der Waals surface area contributed by atoms with Gasteiger partial charge in [0.2, 0.25) is 0 Å². The molecule has 0 N–H and O–H groups in total. The third-order valence-corrected chi connectivity index (χ3v) is 5.15. The summed E-state index contributed by atoms with van der Waals surface area (Å²) in [6.07, 6.45) is 1.56. The molecule has 1 aliphatic rings. The normalized spacial score (nSPS) is 17.3. The van der Waals surface area contributed by atoms with Crippen LogP contribution in [0, 0.1) is 0 Å². The van der Waals surface area contributed by atoms with Crippen LogP contribution in [0.4, 0.5) is 0 Å². The smallest absolute Gasteiger partial charge is 0.178 e. The second-order valence-electron chi connectivity index (χ2n) is 5.36. The molecule has 0 saturated carbocycles. The van der Waals surface area contributed by atoms with Gasteiger partial charge in [0, 0.05) is 6.42 Å². The van der Waals surface area contributed by atoms with Crippen molar-refractivity contribution in [1.29, 1.82) is 0 Å². The van der Waals surface area contributed by atoms with E-state index in [2.05, 4.69) is 0 Å². The lowest BCUT2D eigenvalue weighted by molar-refractivity contribution is 0.138. The van der Waals surface area contributed by atoms with Crippen molar-refractivity contribution in [3.05, 3.63) is 23.3 Å². The molecule has 0 atom stereocenters. The largest absolute Gasteiger partial charge is 0.487 e. The molecule has 100 valence electrons. The Labute approximate surface area is 109 Å². The van der Waals surface area contributed by atoms with Crippen molar-refractivity contribution in [2.45, 2.75) is 51.0 Å². The van der Waals surface area contributed by atoms with Crippen molar-refractivity contribution in [2.24, 2.45) is 0 Å². The van der Waals surface area contributed by atoms with Crippen LogP contribution in [-0.2, 0) is 22.7 Å². The lowest BCUT2D eigenvalue weighted by Crippen LogP contribution is -2.24. The number of benzene rings is 1. The molecule has 1 aromatic carbocycles. The molecule has 0 amide bonds. The molecule has 18 heavy (non-hydrogen) atoms. The topological polar surface area (TPSA) is 43.4 Å². The van der Waals surface area contributed by atoms with E-state index in [1.54, 1.807) is 13.0 Å². The van der Waals surface area contributed by atoms with Crippen LogP contribution in [0.1, 0.15) is 38.8 Å². The lowest BCUT2D eigenvalue weighted by Gasteiger charge is -2.17. The van der Waals surface area contributed by atoms with Gasteiger partial charge in [-0.2, -0.15) is 0 Å². The van der Waals surface area contributed by atoms with Crippen LogP contribution in [0.5, 0.6) is 5.75 Å². The molecule has 0 bridgehead atoms. The molecule has 1 aliphatic heterocycles. The number of rotatable bonds is 3. The minimum Gasteiger partial charge on any atom is -0.487 e. The Balaban J connectivity index is 2.58. The van der Waals surface area contributed by atoms with Gasteiger partial charge in [-0.15, -0.1) is 0 Å². The van der Waals surface area contributed by atoms with Gasteiger partial charge in [0.1, 0.15) is 11.4 Å². The summed E-state index contributed by atoms with van der Waals surface area (Å²) in [6, 6.07) is 3.70. The summed E-state index contributed by atoms with van der Waals surface area (Å²) in [5.41, 5.74) is 1.78. The summed E-state index contributed by atoms with van der Waals surface area (Å²) < 4.78 is 30.0. The van der Waals surface area contributed by atoms with E-state index in [0.717, 1.165) is 29.7 Å². The monoisotopic (exact) mass is 268 g/mol. The SMILES string of the molecule is CCc1cc2c(cc1S(=O)(=O)CC)OC(C)(C)C2. The summed E-state index contributed by atoms with van der Waals surface area (Å²) in [4.78, 5) is 0.434. The van der Waals surface area contributed by atoms with Gasteiger partial charge in [-0.05, 0) is 37.5 Å². The first-order valence-corrected chi connectivity index (χ1v) is 8.02. The van der Waals surface area contributed by atoms with Crippen molar-refractivity contribution in [3.8, 4) is 5.75 Å².